The number of fused-ring (bicyclic) bond motifs is 1. The van der Waals surface area contributed by atoms with Crippen LogP contribution in [0.5, 0.6) is 17.2 Å². The van der Waals surface area contributed by atoms with E-state index < -0.39 is 0 Å². The van der Waals surface area contributed by atoms with Gasteiger partial charge in [0, 0.05) is 10.9 Å². The fraction of sp³-hybridized carbons (Fsp3) is 0.185. The molecule has 168 valence electrons. The third kappa shape index (κ3) is 5.41. The molecule has 0 aliphatic carbocycles. The number of carbonyl (C=O) groups is 1. The van der Waals surface area contributed by atoms with Crippen LogP contribution in [0.25, 0.3) is 22.2 Å². The second kappa shape index (κ2) is 10.5. The van der Waals surface area contributed by atoms with E-state index in [0.717, 1.165) is 39.4 Å². The van der Waals surface area contributed by atoms with Crippen LogP contribution in [0.2, 0.25) is 0 Å². The lowest BCUT2D eigenvalue weighted by Gasteiger charge is -2.12. The van der Waals surface area contributed by atoms with Gasteiger partial charge in [-0.3, -0.25) is 4.79 Å². The lowest BCUT2D eigenvalue weighted by Crippen LogP contribution is -2.28. The summed E-state index contributed by atoms with van der Waals surface area (Å²) in [4.78, 5) is 17.8. The Bertz CT molecular complexity index is 1220. The van der Waals surface area contributed by atoms with Crippen molar-refractivity contribution in [2.24, 2.45) is 0 Å². The van der Waals surface area contributed by atoms with Gasteiger partial charge in [0.15, 0.2) is 0 Å². The zero-order valence-corrected chi connectivity index (χ0v) is 18.7. The molecule has 0 radical (unpaired) electrons. The number of benzene rings is 3. The van der Waals surface area contributed by atoms with Gasteiger partial charge in [-0.25, -0.2) is 4.98 Å². The standard InChI is InChI=1S/C27H26N2O4/c1-3-32-21-10-8-19(9-11-21)26-18-24(23-6-4-5-7-25(23)29-26)27(30)28-16-17-33-22-14-12-20(31-2)13-15-22/h4-15,18H,3,16-17H2,1-2H3,(H,28,30). The van der Waals surface area contributed by atoms with Crippen molar-refractivity contribution >= 4 is 16.8 Å². The predicted molar refractivity (Wildman–Crippen MR) is 129 cm³/mol. The van der Waals surface area contributed by atoms with Gasteiger partial charge in [0.2, 0.25) is 0 Å². The molecule has 6 heteroatoms. The Hall–Kier alpha value is -4.06. The summed E-state index contributed by atoms with van der Waals surface area (Å²) < 4.78 is 16.4. The van der Waals surface area contributed by atoms with Gasteiger partial charge in [-0.15, -0.1) is 0 Å². The van der Waals surface area contributed by atoms with Gasteiger partial charge in [-0.05, 0) is 67.6 Å². The topological polar surface area (TPSA) is 69.7 Å². The predicted octanol–water partition coefficient (Wildman–Crippen LogP) is 5.12. The highest BCUT2D eigenvalue weighted by Crippen LogP contribution is 2.26. The van der Waals surface area contributed by atoms with E-state index in [4.69, 9.17) is 19.2 Å². The Balaban J connectivity index is 1.48. The summed E-state index contributed by atoms with van der Waals surface area (Å²) in [5.74, 6) is 2.12. The van der Waals surface area contributed by atoms with Crippen molar-refractivity contribution in [3.8, 4) is 28.5 Å². The van der Waals surface area contributed by atoms with Crippen LogP contribution in [0.4, 0.5) is 0 Å². The molecular weight excluding hydrogens is 416 g/mol. The average Bonchev–Trinajstić information content (AvgIpc) is 2.87. The Morgan fingerprint density at radius 1 is 0.879 bits per heavy atom. The molecule has 1 amide bonds. The molecular formula is C27H26N2O4. The zero-order chi connectivity index (χ0) is 23.0. The Labute approximate surface area is 193 Å². The molecule has 0 aliphatic heterocycles. The van der Waals surface area contributed by atoms with Crippen LogP contribution in [-0.4, -0.2) is 37.8 Å². The van der Waals surface area contributed by atoms with Crippen molar-refractivity contribution in [2.75, 3.05) is 26.9 Å². The van der Waals surface area contributed by atoms with Crippen LogP contribution < -0.4 is 19.5 Å². The van der Waals surface area contributed by atoms with Crippen LogP contribution in [0.15, 0.2) is 78.9 Å². The van der Waals surface area contributed by atoms with Crippen molar-refractivity contribution in [2.45, 2.75) is 6.92 Å². The minimum atomic E-state index is -0.167. The summed E-state index contributed by atoms with van der Waals surface area (Å²) in [5, 5.41) is 3.76. The minimum absolute atomic E-state index is 0.167. The summed E-state index contributed by atoms with van der Waals surface area (Å²) in [5.41, 5.74) is 3.00. The number of para-hydroxylation sites is 1. The number of aromatic nitrogens is 1. The molecule has 3 aromatic carbocycles. The first-order valence-corrected chi connectivity index (χ1v) is 10.9. The molecule has 6 nitrogen and oxygen atoms in total. The number of carbonyl (C=O) groups excluding carboxylic acids is 1. The molecule has 0 spiro atoms. The average molecular weight is 443 g/mol. The molecule has 0 aliphatic rings. The molecule has 1 heterocycles. The SMILES string of the molecule is CCOc1ccc(-c2cc(C(=O)NCCOc3ccc(OC)cc3)c3ccccc3n2)cc1. The number of methoxy groups -OCH3 is 1. The number of nitrogens with zero attached hydrogens (tertiary/aromatic N) is 1. The van der Waals surface area contributed by atoms with Crippen molar-refractivity contribution in [1.29, 1.82) is 0 Å². The quantitative estimate of drug-likeness (QED) is 0.365. The third-order valence-corrected chi connectivity index (χ3v) is 5.14. The maximum Gasteiger partial charge on any atom is 0.252 e. The molecule has 0 bridgehead atoms. The largest absolute Gasteiger partial charge is 0.497 e. The monoisotopic (exact) mass is 442 g/mol. The van der Waals surface area contributed by atoms with Crippen LogP contribution in [0, 0.1) is 0 Å². The van der Waals surface area contributed by atoms with Gasteiger partial charge in [0.05, 0.1) is 37.0 Å². The Morgan fingerprint density at radius 2 is 1.55 bits per heavy atom. The fourth-order valence-corrected chi connectivity index (χ4v) is 3.50. The van der Waals surface area contributed by atoms with E-state index in [0.29, 0.717) is 25.3 Å². The van der Waals surface area contributed by atoms with E-state index in [2.05, 4.69) is 5.32 Å². The number of hydrogen-bond donors (Lipinski definition) is 1. The second-order valence-corrected chi connectivity index (χ2v) is 7.31. The van der Waals surface area contributed by atoms with Gasteiger partial charge in [-0.1, -0.05) is 18.2 Å². The third-order valence-electron chi connectivity index (χ3n) is 5.14. The zero-order valence-electron chi connectivity index (χ0n) is 18.7. The lowest BCUT2D eigenvalue weighted by atomic mass is 10.0. The van der Waals surface area contributed by atoms with Crippen molar-refractivity contribution in [3.05, 3.63) is 84.4 Å². The molecule has 4 aromatic rings. The highest BCUT2D eigenvalue weighted by Gasteiger charge is 2.14. The first-order valence-electron chi connectivity index (χ1n) is 10.9. The molecule has 0 saturated heterocycles. The van der Waals surface area contributed by atoms with Crippen molar-refractivity contribution in [3.63, 3.8) is 0 Å². The number of pyridine rings is 1. The van der Waals surface area contributed by atoms with E-state index in [1.54, 1.807) is 7.11 Å². The van der Waals surface area contributed by atoms with Crippen LogP contribution >= 0.6 is 0 Å². The smallest absolute Gasteiger partial charge is 0.252 e. The number of amides is 1. The van der Waals surface area contributed by atoms with Crippen molar-refractivity contribution < 1.29 is 19.0 Å². The summed E-state index contributed by atoms with van der Waals surface area (Å²) >= 11 is 0. The molecule has 33 heavy (non-hydrogen) atoms. The lowest BCUT2D eigenvalue weighted by molar-refractivity contribution is 0.0948. The number of ether oxygens (including phenoxy) is 3. The van der Waals surface area contributed by atoms with Gasteiger partial charge in [0.1, 0.15) is 23.9 Å². The fourth-order valence-electron chi connectivity index (χ4n) is 3.50. The molecule has 4 rings (SSSR count). The van der Waals surface area contributed by atoms with Crippen LogP contribution in [0.3, 0.4) is 0 Å². The highest BCUT2D eigenvalue weighted by atomic mass is 16.5. The number of rotatable bonds is 9. The first-order chi connectivity index (χ1) is 16.2. The van der Waals surface area contributed by atoms with E-state index in [1.165, 1.54) is 0 Å². The molecule has 1 N–H and O–H groups in total. The highest BCUT2D eigenvalue weighted by molar-refractivity contribution is 6.07. The molecule has 0 unspecified atom stereocenters. The second-order valence-electron chi connectivity index (χ2n) is 7.31. The summed E-state index contributed by atoms with van der Waals surface area (Å²) in [7, 11) is 1.62. The van der Waals surface area contributed by atoms with E-state index in [9.17, 15) is 4.79 Å². The summed E-state index contributed by atoms with van der Waals surface area (Å²) in [6, 6.07) is 24.5. The minimum Gasteiger partial charge on any atom is -0.497 e. The van der Waals surface area contributed by atoms with Gasteiger partial charge >= 0.3 is 0 Å². The molecule has 0 fully saturated rings. The van der Waals surface area contributed by atoms with Crippen LogP contribution in [-0.2, 0) is 0 Å². The number of hydrogen-bond acceptors (Lipinski definition) is 5. The molecule has 1 aromatic heterocycles. The molecule has 0 saturated carbocycles. The summed E-state index contributed by atoms with van der Waals surface area (Å²) in [6.45, 7) is 3.29. The van der Waals surface area contributed by atoms with E-state index >= 15 is 0 Å². The van der Waals surface area contributed by atoms with Gasteiger partial charge in [-0.2, -0.15) is 0 Å². The van der Waals surface area contributed by atoms with Crippen molar-refractivity contribution in [1.82, 2.24) is 10.3 Å². The van der Waals surface area contributed by atoms with Crippen LogP contribution in [0.1, 0.15) is 17.3 Å². The maximum atomic E-state index is 13.0. The Morgan fingerprint density at radius 3 is 2.27 bits per heavy atom. The summed E-state index contributed by atoms with van der Waals surface area (Å²) in [6.07, 6.45) is 0. The van der Waals surface area contributed by atoms with E-state index in [-0.39, 0.29) is 5.91 Å². The normalized spacial score (nSPS) is 10.6. The van der Waals surface area contributed by atoms with Gasteiger partial charge < -0.3 is 19.5 Å². The maximum absolute atomic E-state index is 13.0. The number of nitrogens with one attached hydrogen (secondary N) is 1. The Kier molecular flexibility index (Phi) is 7.05. The first kappa shape index (κ1) is 22.1. The van der Waals surface area contributed by atoms with E-state index in [1.807, 2.05) is 85.8 Å². The molecule has 0 atom stereocenters. The van der Waals surface area contributed by atoms with Gasteiger partial charge in [0.25, 0.3) is 5.91 Å².